The van der Waals surface area contributed by atoms with E-state index in [1.165, 1.54) is 0 Å². The summed E-state index contributed by atoms with van der Waals surface area (Å²) in [6.07, 6.45) is 2.45. The van der Waals surface area contributed by atoms with Crippen molar-refractivity contribution in [3.8, 4) is 5.75 Å². The highest BCUT2D eigenvalue weighted by molar-refractivity contribution is 6.33. The summed E-state index contributed by atoms with van der Waals surface area (Å²) in [5, 5.41) is 10.5. The van der Waals surface area contributed by atoms with Gasteiger partial charge in [-0.2, -0.15) is 0 Å². The van der Waals surface area contributed by atoms with Crippen LogP contribution in [0.4, 0.5) is 4.79 Å². The predicted molar refractivity (Wildman–Crippen MR) is 130 cm³/mol. The number of rotatable bonds is 3. The molecule has 0 heterocycles. The third-order valence-corrected chi connectivity index (χ3v) is 6.03. The standard InChI is InChI=1S/C26H24ClN3O3/c1-15-5-11-21(23(27)13-15)22-4-2-3-17-14-18(25(32)29-30-26(28)33)8-12-20(17)24(22)16-6-9-19(31)10-7-16/h5-14,31H,2-4H2,1H3,(H,29,32)(H3,28,30,33). The molecule has 0 saturated heterocycles. The van der Waals surface area contributed by atoms with Gasteiger partial charge in [-0.15, -0.1) is 0 Å². The molecular weight excluding hydrogens is 438 g/mol. The zero-order valence-corrected chi connectivity index (χ0v) is 18.9. The van der Waals surface area contributed by atoms with E-state index in [1.807, 2.05) is 43.3 Å². The van der Waals surface area contributed by atoms with E-state index in [9.17, 15) is 14.7 Å². The van der Waals surface area contributed by atoms with Crippen molar-refractivity contribution in [3.05, 3.63) is 99.1 Å². The number of primary amides is 1. The van der Waals surface area contributed by atoms with Crippen molar-refractivity contribution in [2.45, 2.75) is 26.2 Å². The Labute approximate surface area is 197 Å². The predicted octanol–water partition coefficient (Wildman–Crippen LogP) is 4.96. The average molecular weight is 462 g/mol. The van der Waals surface area contributed by atoms with Gasteiger partial charge < -0.3 is 10.8 Å². The number of nitrogens with two attached hydrogens (primary N) is 1. The minimum atomic E-state index is -0.838. The molecule has 4 rings (SSSR count). The maximum atomic E-state index is 12.4. The van der Waals surface area contributed by atoms with Crippen LogP contribution in [0.2, 0.25) is 5.02 Å². The largest absolute Gasteiger partial charge is 0.508 e. The Morgan fingerprint density at radius 3 is 2.36 bits per heavy atom. The molecule has 3 amide bonds. The van der Waals surface area contributed by atoms with Gasteiger partial charge in [0.05, 0.1) is 0 Å². The van der Waals surface area contributed by atoms with E-state index in [2.05, 4.69) is 16.9 Å². The number of nitrogens with one attached hydrogen (secondary N) is 2. The van der Waals surface area contributed by atoms with Gasteiger partial charge in [0, 0.05) is 10.6 Å². The lowest BCUT2D eigenvalue weighted by molar-refractivity contribution is 0.0937. The maximum absolute atomic E-state index is 12.4. The van der Waals surface area contributed by atoms with Crippen LogP contribution < -0.4 is 16.6 Å². The van der Waals surface area contributed by atoms with Crippen LogP contribution in [0.5, 0.6) is 5.75 Å². The Kier molecular flexibility index (Phi) is 6.38. The number of aryl methyl sites for hydroxylation is 2. The van der Waals surface area contributed by atoms with Crippen LogP contribution in [0.3, 0.4) is 0 Å². The number of aromatic hydroxyl groups is 1. The van der Waals surface area contributed by atoms with Gasteiger partial charge in [-0.3, -0.25) is 10.2 Å². The molecule has 0 atom stereocenters. The Morgan fingerprint density at radius 2 is 1.67 bits per heavy atom. The first-order valence-corrected chi connectivity index (χ1v) is 11.0. The molecule has 1 aliphatic rings. The molecule has 0 saturated carbocycles. The lowest BCUT2D eigenvalue weighted by Crippen LogP contribution is -2.44. The second kappa shape index (κ2) is 9.38. The fourth-order valence-corrected chi connectivity index (χ4v) is 4.56. The normalized spacial score (nSPS) is 13.2. The van der Waals surface area contributed by atoms with E-state index >= 15 is 0 Å². The van der Waals surface area contributed by atoms with E-state index in [0.717, 1.165) is 58.2 Å². The van der Waals surface area contributed by atoms with E-state index in [0.29, 0.717) is 10.6 Å². The summed E-state index contributed by atoms with van der Waals surface area (Å²) < 4.78 is 0. The molecule has 0 radical (unpaired) electrons. The van der Waals surface area contributed by atoms with Gasteiger partial charge in [0.2, 0.25) is 0 Å². The van der Waals surface area contributed by atoms with Crippen molar-refractivity contribution < 1.29 is 14.7 Å². The summed E-state index contributed by atoms with van der Waals surface area (Å²) in [5.41, 5.74) is 17.0. The molecule has 7 heteroatoms. The quantitative estimate of drug-likeness (QED) is 0.414. The number of hydrogen-bond donors (Lipinski definition) is 4. The molecule has 0 aromatic heterocycles. The van der Waals surface area contributed by atoms with Gasteiger partial charge in [0.15, 0.2) is 0 Å². The molecule has 3 aromatic carbocycles. The van der Waals surface area contributed by atoms with Crippen molar-refractivity contribution in [3.63, 3.8) is 0 Å². The highest BCUT2D eigenvalue weighted by Gasteiger charge is 2.22. The molecule has 0 spiro atoms. The summed E-state index contributed by atoms with van der Waals surface area (Å²) in [6.45, 7) is 2.01. The third-order valence-electron chi connectivity index (χ3n) is 5.72. The van der Waals surface area contributed by atoms with Crippen molar-refractivity contribution in [1.82, 2.24) is 10.9 Å². The first kappa shape index (κ1) is 22.4. The Bertz CT molecular complexity index is 1270. The first-order chi connectivity index (χ1) is 15.8. The summed E-state index contributed by atoms with van der Waals surface area (Å²) >= 11 is 6.68. The molecule has 5 N–H and O–H groups in total. The number of carbonyl (C=O) groups is 2. The zero-order chi connectivity index (χ0) is 23.5. The van der Waals surface area contributed by atoms with Crippen LogP contribution in [0.25, 0.3) is 11.1 Å². The fourth-order valence-electron chi connectivity index (χ4n) is 4.21. The van der Waals surface area contributed by atoms with Gasteiger partial charge >= 0.3 is 6.03 Å². The lowest BCUT2D eigenvalue weighted by Gasteiger charge is -2.18. The van der Waals surface area contributed by atoms with Gasteiger partial charge in [-0.25, -0.2) is 10.2 Å². The molecule has 0 fully saturated rings. The molecule has 0 aliphatic heterocycles. The van der Waals surface area contributed by atoms with Crippen LogP contribution >= 0.6 is 11.6 Å². The number of fused-ring (bicyclic) bond motifs is 1. The molecule has 6 nitrogen and oxygen atoms in total. The average Bonchev–Trinajstić information content (AvgIpc) is 2.97. The molecule has 33 heavy (non-hydrogen) atoms. The number of phenols is 1. The van der Waals surface area contributed by atoms with Gasteiger partial charge in [0.1, 0.15) is 5.75 Å². The number of urea groups is 1. The Hall–Kier alpha value is -3.77. The van der Waals surface area contributed by atoms with E-state index < -0.39 is 11.9 Å². The minimum Gasteiger partial charge on any atom is -0.508 e. The topological polar surface area (TPSA) is 104 Å². The van der Waals surface area contributed by atoms with E-state index in [-0.39, 0.29) is 5.75 Å². The number of carbonyl (C=O) groups excluding carboxylic acids is 2. The van der Waals surface area contributed by atoms with Crippen molar-refractivity contribution in [2.24, 2.45) is 5.73 Å². The van der Waals surface area contributed by atoms with Crippen molar-refractivity contribution in [1.29, 1.82) is 0 Å². The molecule has 3 aromatic rings. The number of hydrazine groups is 1. The molecular formula is C26H24ClN3O3. The van der Waals surface area contributed by atoms with Crippen molar-refractivity contribution in [2.75, 3.05) is 0 Å². The van der Waals surface area contributed by atoms with Crippen LogP contribution in [0, 0.1) is 6.92 Å². The Balaban J connectivity index is 1.88. The summed E-state index contributed by atoms with van der Waals surface area (Å²) in [6, 6.07) is 17.8. The summed E-state index contributed by atoms with van der Waals surface area (Å²) in [4.78, 5) is 23.4. The number of amides is 3. The highest BCUT2D eigenvalue weighted by atomic mass is 35.5. The van der Waals surface area contributed by atoms with Gasteiger partial charge in [-0.1, -0.05) is 41.9 Å². The zero-order valence-electron chi connectivity index (χ0n) is 18.1. The minimum absolute atomic E-state index is 0.192. The first-order valence-electron chi connectivity index (χ1n) is 10.6. The molecule has 0 unspecified atom stereocenters. The molecule has 0 bridgehead atoms. The van der Waals surface area contributed by atoms with E-state index in [4.69, 9.17) is 17.3 Å². The second-order valence-electron chi connectivity index (χ2n) is 8.05. The number of allylic oxidation sites excluding steroid dienone is 1. The highest BCUT2D eigenvalue weighted by Crippen LogP contribution is 2.42. The van der Waals surface area contributed by atoms with Crippen LogP contribution in [0.1, 0.15) is 51.0 Å². The smallest absolute Gasteiger partial charge is 0.330 e. The number of phenolic OH excluding ortho intramolecular Hbond substituents is 1. The molecule has 168 valence electrons. The SMILES string of the molecule is Cc1ccc(C2=C(c3ccc(O)cc3)c3ccc(C(=O)NNC(N)=O)cc3CCC2)c(Cl)c1. The number of benzene rings is 3. The van der Waals surface area contributed by atoms with Gasteiger partial charge in [0.25, 0.3) is 5.91 Å². The number of hydrogen-bond acceptors (Lipinski definition) is 3. The summed E-state index contributed by atoms with van der Waals surface area (Å²) in [5.74, 6) is -0.255. The van der Waals surface area contributed by atoms with E-state index in [1.54, 1.807) is 18.2 Å². The van der Waals surface area contributed by atoms with Crippen LogP contribution in [0.15, 0.2) is 60.7 Å². The summed E-state index contributed by atoms with van der Waals surface area (Å²) in [7, 11) is 0. The van der Waals surface area contributed by atoms with Crippen LogP contribution in [-0.4, -0.2) is 17.0 Å². The monoisotopic (exact) mass is 461 g/mol. The Morgan fingerprint density at radius 1 is 0.939 bits per heavy atom. The third kappa shape index (κ3) is 4.86. The lowest BCUT2D eigenvalue weighted by atomic mass is 9.87. The second-order valence-corrected chi connectivity index (χ2v) is 8.46. The van der Waals surface area contributed by atoms with Gasteiger partial charge in [-0.05, 0) is 95.5 Å². The van der Waals surface area contributed by atoms with Crippen LogP contribution in [-0.2, 0) is 6.42 Å². The fraction of sp³-hybridized carbons (Fsp3) is 0.154. The van der Waals surface area contributed by atoms with Crippen molar-refractivity contribution >= 4 is 34.7 Å². The molecule has 1 aliphatic carbocycles. The maximum Gasteiger partial charge on any atom is 0.330 e. The number of halogens is 1.